The van der Waals surface area contributed by atoms with Crippen LogP contribution in [0.1, 0.15) is 23.2 Å². The molecule has 0 atom stereocenters. The molecule has 86 valence electrons. The van der Waals surface area contributed by atoms with Gasteiger partial charge in [-0.25, -0.2) is 4.39 Å². The van der Waals surface area contributed by atoms with Crippen LogP contribution in [0.5, 0.6) is 0 Å². The minimum absolute atomic E-state index is 0.0118. The molecule has 1 aromatic rings. The number of rotatable bonds is 3. The van der Waals surface area contributed by atoms with Crippen LogP contribution in [0.4, 0.5) is 4.39 Å². The molecule has 0 saturated heterocycles. The Bertz CT molecular complexity index is 412. The van der Waals surface area contributed by atoms with Gasteiger partial charge in [-0.2, -0.15) is 0 Å². The highest BCUT2D eigenvalue weighted by molar-refractivity contribution is 9.10. The smallest absolute Gasteiger partial charge is 0.255 e. The first-order valence-electron chi connectivity index (χ1n) is 4.95. The first kappa shape index (κ1) is 11.5. The number of carbonyl (C=O) groups excluding carboxylic acids is 1. The quantitative estimate of drug-likeness (QED) is 0.891. The average Bonchev–Trinajstić information content (AvgIpc) is 2.98. The standard InChI is InChI=1S/C11H11BrFNO2/c12-7-2-1-3-8(13)9(7)10(16)14-11(6-15)4-5-11/h1-3,15H,4-6H2,(H,14,16). The topological polar surface area (TPSA) is 49.3 Å². The number of hydrogen-bond donors (Lipinski definition) is 2. The van der Waals surface area contributed by atoms with E-state index in [2.05, 4.69) is 21.2 Å². The summed E-state index contributed by atoms with van der Waals surface area (Å²) in [7, 11) is 0. The van der Waals surface area contributed by atoms with Crippen molar-refractivity contribution in [3.8, 4) is 0 Å². The van der Waals surface area contributed by atoms with Crippen LogP contribution in [0.3, 0.4) is 0 Å². The van der Waals surface area contributed by atoms with Crippen LogP contribution in [0.25, 0.3) is 0 Å². The van der Waals surface area contributed by atoms with Crippen LogP contribution < -0.4 is 5.32 Å². The van der Waals surface area contributed by atoms with Crippen LogP contribution in [-0.2, 0) is 0 Å². The zero-order chi connectivity index (χ0) is 11.8. The SMILES string of the molecule is O=C(NC1(CO)CC1)c1c(F)cccc1Br. The van der Waals surface area contributed by atoms with Gasteiger partial charge >= 0.3 is 0 Å². The van der Waals surface area contributed by atoms with Crippen molar-refractivity contribution in [3.05, 3.63) is 34.1 Å². The van der Waals surface area contributed by atoms with Crippen molar-refractivity contribution in [1.29, 1.82) is 0 Å². The molecule has 1 amide bonds. The van der Waals surface area contributed by atoms with E-state index in [9.17, 15) is 9.18 Å². The fraction of sp³-hybridized carbons (Fsp3) is 0.364. The Balaban J connectivity index is 2.21. The highest BCUT2D eigenvalue weighted by Crippen LogP contribution is 2.35. The zero-order valence-corrected chi connectivity index (χ0v) is 10.1. The molecule has 2 rings (SSSR count). The molecular weight excluding hydrogens is 277 g/mol. The van der Waals surface area contributed by atoms with Crippen molar-refractivity contribution in [1.82, 2.24) is 5.32 Å². The van der Waals surface area contributed by atoms with Crippen LogP contribution >= 0.6 is 15.9 Å². The molecule has 0 spiro atoms. The molecule has 16 heavy (non-hydrogen) atoms. The van der Waals surface area contributed by atoms with Gasteiger partial charge in [-0.15, -0.1) is 0 Å². The summed E-state index contributed by atoms with van der Waals surface area (Å²) < 4.78 is 13.9. The summed E-state index contributed by atoms with van der Waals surface area (Å²) in [5, 5.41) is 11.7. The van der Waals surface area contributed by atoms with Gasteiger partial charge in [-0.3, -0.25) is 4.79 Å². The Morgan fingerprint density at radius 2 is 2.25 bits per heavy atom. The lowest BCUT2D eigenvalue weighted by Crippen LogP contribution is -2.40. The number of hydrogen-bond acceptors (Lipinski definition) is 2. The van der Waals surface area contributed by atoms with Crippen LogP contribution in [0.15, 0.2) is 22.7 Å². The summed E-state index contributed by atoms with van der Waals surface area (Å²) in [5.74, 6) is -1.06. The fourth-order valence-electron chi connectivity index (χ4n) is 1.49. The highest BCUT2D eigenvalue weighted by atomic mass is 79.9. The van der Waals surface area contributed by atoms with Crippen LogP contribution in [0.2, 0.25) is 0 Å². The van der Waals surface area contributed by atoms with E-state index in [1.165, 1.54) is 12.1 Å². The van der Waals surface area contributed by atoms with E-state index < -0.39 is 17.3 Å². The average molecular weight is 288 g/mol. The summed E-state index contributed by atoms with van der Waals surface area (Å²) in [4.78, 5) is 11.8. The predicted octanol–water partition coefficient (Wildman–Crippen LogP) is 1.84. The predicted molar refractivity (Wildman–Crippen MR) is 60.6 cm³/mol. The van der Waals surface area contributed by atoms with Gasteiger partial charge in [0.25, 0.3) is 5.91 Å². The number of halogens is 2. The normalized spacial score (nSPS) is 16.9. The van der Waals surface area contributed by atoms with Crippen LogP contribution in [-0.4, -0.2) is 23.2 Å². The lowest BCUT2D eigenvalue weighted by Gasteiger charge is -2.15. The number of aliphatic hydroxyl groups excluding tert-OH is 1. The third-order valence-electron chi connectivity index (χ3n) is 2.72. The Hall–Kier alpha value is -0.940. The van der Waals surface area contributed by atoms with Crippen molar-refractivity contribution in [2.24, 2.45) is 0 Å². The number of benzene rings is 1. The number of carbonyl (C=O) groups is 1. The summed E-state index contributed by atoms with van der Waals surface area (Å²) in [6.07, 6.45) is 1.47. The minimum Gasteiger partial charge on any atom is -0.394 e. The monoisotopic (exact) mass is 287 g/mol. The van der Waals surface area contributed by atoms with E-state index in [1.54, 1.807) is 6.07 Å². The Labute approximate surface area is 101 Å². The van der Waals surface area contributed by atoms with E-state index in [1.807, 2.05) is 0 Å². The number of nitrogens with one attached hydrogen (secondary N) is 1. The van der Waals surface area contributed by atoms with Gasteiger partial charge in [0.1, 0.15) is 5.82 Å². The second kappa shape index (κ2) is 4.14. The summed E-state index contributed by atoms with van der Waals surface area (Å²) in [6.45, 7) is -0.106. The van der Waals surface area contributed by atoms with Gasteiger partial charge in [0, 0.05) is 4.47 Å². The van der Waals surface area contributed by atoms with Gasteiger partial charge in [-0.05, 0) is 40.9 Å². The van der Waals surface area contributed by atoms with E-state index in [4.69, 9.17) is 5.11 Å². The highest BCUT2D eigenvalue weighted by Gasteiger charge is 2.44. The van der Waals surface area contributed by atoms with Crippen molar-refractivity contribution in [2.75, 3.05) is 6.61 Å². The Morgan fingerprint density at radius 1 is 1.56 bits per heavy atom. The molecule has 1 saturated carbocycles. The van der Waals surface area contributed by atoms with Gasteiger partial charge in [0.2, 0.25) is 0 Å². The maximum Gasteiger partial charge on any atom is 0.255 e. The molecule has 3 nitrogen and oxygen atoms in total. The molecule has 5 heteroatoms. The van der Waals surface area contributed by atoms with Crippen molar-refractivity contribution >= 4 is 21.8 Å². The lowest BCUT2D eigenvalue weighted by molar-refractivity contribution is 0.0902. The van der Waals surface area contributed by atoms with Crippen LogP contribution in [0, 0.1) is 5.82 Å². The largest absolute Gasteiger partial charge is 0.394 e. The molecule has 1 aliphatic carbocycles. The summed E-state index contributed by atoms with van der Waals surface area (Å²) in [5.41, 5.74) is -0.541. The van der Waals surface area contributed by atoms with E-state index in [0.29, 0.717) is 4.47 Å². The molecule has 1 fully saturated rings. The Morgan fingerprint density at radius 3 is 2.75 bits per heavy atom. The molecule has 0 radical (unpaired) electrons. The molecule has 1 aliphatic rings. The van der Waals surface area contributed by atoms with Gasteiger partial charge in [0.05, 0.1) is 17.7 Å². The third-order valence-corrected chi connectivity index (χ3v) is 3.39. The summed E-state index contributed by atoms with van der Waals surface area (Å²) in [6, 6.07) is 4.36. The van der Waals surface area contributed by atoms with Gasteiger partial charge in [0.15, 0.2) is 0 Å². The van der Waals surface area contributed by atoms with E-state index in [0.717, 1.165) is 12.8 Å². The minimum atomic E-state index is -0.569. The number of amides is 1. The van der Waals surface area contributed by atoms with Crippen molar-refractivity contribution in [3.63, 3.8) is 0 Å². The number of aliphatic hydroxyl groups is 1. The first-order chi connectivity index (χ1) is 7.58. The molecule has 0 bridgehead atoms. The second-order valence-corrected chi connectivity index (χ2v) is 4.84. The molecular formula is C11H11BrFNO2. The maximum absolute atomic E-state index is 13.4. The zero-order valence-electron chi connectivity index (χ0n) is 8.46. The first-order valence-corrected chi connectivity index (χ1v) is 5.75. The molecule has 0 aliphatic heterocycles. The Kier molecular flexibility index (Phi) is 2.99. The van der Waals surface area contributed by atoms with Crippen molar-refractivity contribution < 1.29 is 14.3 Å². The van der Waals surface area contributed by atoms with E-state index in [-0.39, 0.29) is 12.2 Å². The third kappa shape index (κ3) is 2.10. The lowest BCUT2D eigenvalue weighted by atomic mass is 10.1. The fourth-order valence-corrected chi connectivity index (χ4v) is 2.01. The molecule has 2 N–H and O–H groups in total. The van der Waals surface area contributed by atoms with Gasteiger partial charge < -0.3 is 10.4 Å². The second-order valence-electron chi connectivity index (χ2n) is 3.99. The maximum atomic E-state index is 13.4. The van der Waals surface area contributed by atoms with Crippen molar-refractivity contribution in [2.45, 2.75) is 18.4 Å². The van der Waals surface area contributed by atoms with Gasteiger partial charge in [-0.1, -0.05) is 6.07 Å². The molecule has 0 heterocycles. The van der Waals surface area contributed by atoms with E-state index >= 15 is 0 Å². The summed E-state index contributed by atoms with van der Waals surface area (Å²) >= 11 is 3.13. The molecule has 1 aromatic carbocycles. The molecule has 0 aromatic heterocycles. The molecule has 0 unspecified atom stereocenters.